The summed E-state index contributed by atoms with van der Waals surface area (Å²) in [4.78, 5) is 82.1. The monoisotopic (exact) mass is 1300 g/mol. The van der Waals surface area contributed by atoms with Gasteiger partial charge in [-0.05, 0) is 57.3 Å². The number of methoxy groups -OCH3 is 1. The fourth-order valence-corrected chi connectivity index (χ4v) is 12.7. The fourth-order valence-electron chi connectivity index (χ4n) is 11.7. The summed E-state index contributed by atoms with van der Waals surface area (Å²) in [6, 6.07) is -2.78. The van der Waals surface area contributed by atoms with Crippen LogP contribution in [-0.4, -0.2) is 137 Å². The third-order valence-electron chi connectivity index (χ3n) is 16.8. The van der Waals surface area contributed by atoms with Crippen LogP contribution in [0.3, 0.4) is 0 Å². The van der Waals surface area contributed by atoms with Crippen molar-refractivity contribution in [1.29, 1.82) is 0 Å². The van der Waals surface area contributed by atoms with Crippen LogP contribution in [0.1, 0.15) is 291 Å². The Morgan fingerprint density at radius 2 is 0.920 bits per heavy atom. The van der Waals surface area contributed by atoms with Crippen LogP contribution >= 0.6 is 15.6 Å². The second-order valence-electron chi connectivity index (χ2n) is 25.1. The first-order chi connectivity index (χ1) is 42.4. The highest BCUT2D eigenvalue weighted by atomic mass is 31.2. The zero-order valence-corrected chi connectivity index (χ0v) is 57.3. The van der Waals surface area contributed by atoms with Gasteiger partial charge in [-0.25, -0.2) is 9.13 Å². The van der Waals surface area contributed by atoms with E-state index < -0.39 is 102 Å². The summed E-state index contributed by atoms with van der Waals surface area (Å²) in [5.41, 5.74) is 0. The van der Waals surface area contributed by atoms with Crippen LogP contribution in [0.4, 0.5) is 0 Å². The average molecular weight is 1300 g/mol. The molecule has 0 aromatic carbocycles. The van der Waals surface area contributed by atoms with Crippen molar-refractivity contribution in [3.8, 4) is 0 Å². The van der Waals surface area contributed by atoms with E-state index in [1.807, 2.05) is 0 Å². The molecule has 518 valence electrons. The van der Waals surface area contributed by atoms with Crippen molar-refractivity contribution in [3.63, 3.8) is 0 Å². The maximum absolute atomic E-state index is 14.1. The summed E-state index contributed by atoms with van der Waals surface area (Å²) in [7, 11) is -9.25. The Morgan fingerprint density at radius 1 is 0.477 bits per heavy atom. The van der Waals surface area contributed by atoms with Crippen molar-refractivity contribution in [3.05, 3.63) is 12.2 Å². The molecule has 2 fully saturated rings. The number of allylic oxidation sites excluding steroid dienone is 2. The van der Waals surface area contributed by atoms with E-state index in [4.69, 9.17) is 37.5 Å². The number of phosphoric ester groups is 2. The van der Waals surface area contributed by atoms with Gasteiger partial charge in [0.1, 0.15) is 54.5 Å². The molecule has 11 atom stereocenters. The van der Waals surface area contributed by atoms with E-state index >= 15 is 0 Å². The van der Waals surface area contributed by atoms with Gasteiger partial charge in [-0.15, -0.1) is 0 Å². The van der Waals surface area contributed by atoms with E-state index in [2.05, 4.69) is 57.4 Å². The Labute approximate surface area is 531 Å². The molecule has 2 heterocycles. The number of amides is 2. The summed E-state index contributed by atoms with van der Waals surface area (Å²) in [5, 5.41) is 17.9. The first kappa shape index (κ1) is 82.4. The van der Waals surface area contributed by atoms with Crippen molar-refractivity contribution < 1.29 is 85.7 Å². The Hall–Kier alpha value is -1.71. The van der Waals surface area contributed by atoms with Gasteiger partial charge in [-0.2, -0.15) is 0 Å². The lowest BCUT2D eigenvalue weighted by atomic mass is 9.95. The van der Waals surface area contributed by atoms with Crippen LogP contribution < -0.4 is 10.6 Å². The summed E-state index contributed by atoms with van der Waals surface area (Å²) >= 11 is 0. The van der Waals surface area contributed by atoms with Gasteiger partial charge >= 0.3 is 15.6 Å². The minimum absolute atomic E-state index is 0.0873. The number of phosphoric acid groups is 2. The second kappa shape index (κ2) is 51.7. The molecule has 0 spiro atoms. The molecular formula is C66H126N2O18P2. The molecule has 0 aromatic rings. The highest BCUT2D eigenvalue weighted by Crippen LogP contribution is 2.44. The van der Waals surface area contributed by atoms with Crippen molar-refractivity contribution in [2.24, 2.45) is 5.92 Å². The van der Waals surface area contributed by atoms with Gasteiger partial charge in [0.2, 0.25) is 11.8 Å². The smallest absolute Gasteiger partial charge is 0.388 e. The van der Waals surface area contributed by atoms with Crippen LogP contribution in [-0.2, 0) is 61.0 Å². The van der Waals surface area contributed by atoms with Crippen molar-refractivity contribution in [2.45, 2.75) is 353 Å². The molecule has 2 saturated heterocycles. The molecule has 2 aliphatic heterocycles. The van der Waals surface area contributed by atoms with E-state index in [-0.39, 0.29) is 44.4 Å². The molecule has 22 heteroatoms. The van der Waals surface area contributed by atoms with Crippen molar-refractivity contribution in [1.82, 2.24) is 10.6 Å². The van der Waals surface area contributed by atoms with E-state index in [9.17, 15) is 48.2 Å². The first-order valence-electron chi connectivity index (χ1n) is 34.9. The average Bonchev–Trinajstić information content (AvgIpc) is 2.12. The van der Waals surface area contributed by atoms with E-state index in [1.54, 1.807) is 0 Å². The van der Waals surface area contributed by atoms with Crippen LogP contribution in [0, 0.1) is 5.92 Å². The quantitative estimate of drug-likeness (QED) is 0.0129. The molecule has 2 amide bonds. The van der Waals surface area contributed by atoms with Crippen LogP contribution in [0.5, 0.6) is 0 Å². The topological polar surface area (TPSA) is 284 Å². The van der Waals surface area contributed by atoms with Crippen LogP contribution in [0.2, 0.25) is 0 Å². The fraction of sp³-hybridized carbons (Fsp3) is 0.924. The summed E-state index contributed by atoms with van der Waals surface area (Å²) in [6.07, 6.45) is 30.9. The van der Waals surface area contributed by atoms with Gasteiger partial charge in [0.25, 0.3) is 0 Å². The van der Waals surface area contributed by atoms with Crippen LogP contribution in [0.15, 0.2) is 12.2 Å². The molecule has 2 aliphatic rings. The molecule has 7 N–H and O–H groups in total. The number of aliphatic hydroxyl groups is 1. The van der Waals surface area contributed by atoms with E-state index in [1.165, 1.54) is 64.9 Å². The second-order valence-corrected chi connectivity index (χ2v) is 27.5. The van der Waals surface area contributed by atoms with E-state index in [0.717, 1.165) is 154 Å². The Kier molecular flexibility index (Phi) is 48.4. The third kappa shape index (κ3) is 40.4. The number of Topliss-reactive ketones (excluding diaryl/α,β-unsaturated/α-hetero) is 1. The number of ketones is 1. The Balaban J connectivity index is 2.43. The molecule has 20 nitrogen and oxygen atoms in total. The predicted molar refractivity (Wildman–Crippen MR) is 345 cm³/mol. The summed E-state index contributed by atoms with van der Waals surface area (Å²) in [5.74, 6) is -1.25. The number of aliphatic hydroxyl groups excluding tert-OH is 1. The van der Waals surface area contributed by atoms with Gasteiger partial charge in [0.05, 0.1) is 19.6 Å². The molecule has 0 saturated carbocycles. The lowest BCUT2D eigenvalue weighted by molar-refractivity contribution is -0.300. The molecule has 0 bridgehead atoms. The molecule has 2 rings (SSSR count). The normalized spacial score (nSPS) is 23.0. The summed E-state index contributed by atoms with van der Waals surface area (Å²) < 4.78 is 73.5. The number of carbonyl (C=O) groups is 3. The van der Waals surface area contributed by atoms with E-state index in [0.29, 0.717) is 25.7 Å². The number of nitrogens with one attached hydrogen (secondary N) is 2. The van der Waals surface area contributed by atoms with Gasteiger partial charge in [0.15, 0.2) is 12.6 Å². The number of unbranched alkanes of at least 4 members (excludes halogenated alkanes) is 30. The minimum atomic E-state index is -5.38. The molecule has 0 aromatic heterocycles. The lowest BCUT2D eigenvalue weighted by Gasteiger charge is -2.47. The number of hydrogen-bond acceptors (Lipinski definition) is 14. The summed E-state index contributed by atoms with van der Waals surface area (Å²) in [6.45, 7) is 10.2. The maximum Gasteiger partial charge on any atom is 0.472 e. The standard InChI is InChI=1S/C66H126N2O18P2/c1-7-11-15-19-22-25-26-27-28-29-30-32-34-38-42-46-57(70)67-60-64(81-49-47-53(5)44-40-36-18-14-10-4)62(85-87(73,74)75)56(51-79-6)84-65(60)82-52-55-61(72)63(80-48-43-39-35-24-21-17-13-9-3)59(66(83-55)86-88(76,77)78)68-58(71)50-54(69)45-41-37-33-31-23-20-16-12-8-2/h25-26,53,55-56,59-66,72H,7-24,27-52H2,1-6H3,(H,67,70)(H,68,71)(H2,73,74,75)(H2,76,77,78)/b26-25+/t53-,55-,56-,59-,60-,61-,62-,63-,64-,65-,66-/m1/s1. The number of hydrogen-bond donors (Lipinski definition) is 7. The Morgan fingerprint density at radius 3 is 1.45 bits per heavy atom. The van der Waals surface area contributed by atoms with Gasteiger partial charge in [-0.1, -0.05) is 233 Å². The molecule has 0 aliphatic carbocycles. The molecule has 88 heavy (non-hydrogen) atoms. The first-order valence-corrected chi connectivity index (χ1v) is 38.0. The predicted octanol–water partition coefficient (Wildman–Crippen LogP) is 14.2. The number of ether oxygens (including phenoxy) is 6. The zero-order chi connectivity index (χ0) is 64.7. The third-order valence-corrected chi connectivity index (χ3v) is 17.8. The minimum Gasteiger partial charge on any atom is -0.388 e. The van der Waals surface area contributed by atoms with Crippen LogP contribution in [0.25, 0.3) is 0 Å². The van der Waals surface area contributed by atoms with Gasteiger partial charge in [0, 0.05) is 33.2 Å². The van der Waals surface area contributed by atoms with Crippen molar-refractivity contribution >= 4 is 33.2 Å². The molecule has 0 unspecified atom stereocenters. The maximum atomic E-state index is 14.1. The highest BCUT2D eigenvalue weighted by Gasteiger charge is 2.53. The SMILES string of the molecule is CCCCCC/C=C/CCCCCCCCCC(=O)N[C@H]1[C@H](OC[C@H]2O[C@H](OP(=O)(O)O)[C@H](NC(=O)CC(=O)CCCCCCCCCCC)[C@@H](OCCCCCCCCCC)[C@@H]2O)O[C@H](COC)[C@@H](OP(=O)(O)O)[C@@H]1OCC[C@H](C)CCCCCCC. The number of carbonyl (C=O) groups excluding carboxylic acids is 3. The lowest BCUT2D eigenvalue weighted by Crippen LogP contribution is -2.67. The number of rotatable bonds is 58. The molecule has 0 radical (unpaired) electrons. The van der Waals surface area contributed by atoms with Gasteiger partial charge < -0.3 is 63.7 Å². The zero-order valence-electron chi connectivity index (χ0n) is 55.6. The Bertz CT molecular complexity index is 1880. The highest BCUT2D eigenvalue weighted by molar-refractivity contribution is 7.46. The molecular weight excluding hydrogens is 1170 g/mol. The van der Waals surface area contributed by atoms with Gasteiger partial charge in [-0.3, -0.25) is 23.4 Å². The largest absolute Gasteiger partial charge is 0.472 e. The van der Waals surface area contributed by atoms with Crippen molar-refractivity contribution in [2.75, 3.05) is 33.5 Å².